The maximum atomic E-state index is 11.3. The molecule has 2 N–H and O–H groups in total. The Bertz CT molecular complexity index is 2040. The van der Waals surface area contributed by atoms with Crippen LogP contribution in [0.15, 0.2) is 107 Å². The van der Waals surface area contributed by atoms with Crippen molar-refractivity contribution in [1.29, 1.82) is 0 Å². The summed E-state index contributed by atoms with van der Waals surface area (Å²) >= 11 is 0. The number of rotatable bonds is 8. The van der Waals surface area contributed by atoms with Gasteiger partial charge in [-0.05, 0) is 39.7 Å². The molecule has 0 spiro atoms. The maximum Gasteiger partial charge on any atom is 0 e. The van der Waals surface area contributed by atoms with E-state index in [1.807, 2.05) is 97.1 Å². The number of hydrogen-bond acceptors (Lipinski definition) is 8. The van der Waals surface area contributed by atoms with Gasteiger partial charge in [0.25, 0.3) is 0 Å². The number of phenolic OH excluding ortho intramolecular Hbond substituents is 2. The second-order valence-electron chi connectivity index (χ2n) is 16.0. The number of ether oxygens (including phenoxy) is 4. The third-order valence-electron chi connectivity index (χ3n) is 9.18. The van der Waals surface area contributed by atoms with E-state index in [1.165, 1.54) is 0 Å². The van der Waals surface area contributed by atoms with Crippen molar-refractivity contribution in [1.82, 2.24) is 0 Å². The summed E-state index contributed by atoms with van der Waals surface area (Å²) in [5.74, 6) is 0.360. The van der Waals surface area contributed by atoms with E-state index in [1.54, 1.807) is 12.4 Å². The van der Waals surface area contributed by atoms with Crippen molar-refractivity contribution in [2.24, 2.45) is 9.98 Å². The average Bonchev–Trinajstić information content (AvgIpc) is 3.11. The Morgan fingerprint density at radius 3 is 1.62 bits per heavy atom. The number of benzene rings is 4. The Morgan fingerprint density at radius 1 is 0.672 bits per heavy atom. The Labute approximate surface area is 345 Å². The zero-order chi connectivity index (χ0) is 41.9. The first-order chi connectivity index (χ1) is 26.3. The molecule has 317 valence electrons. The first-order valence-electron chi connectivity index (χ1n) is 18.3. The molecular formula is C42H48F6MnN2O6P-. The summed E-state index contributed by atoms with van der Waals surface area (Å²) in [6.07, 6.45) is 0.852. The predicted octanol–water partition coefficient (Wildman–Crippen LogP) is 11.4. The molecule has 2 aliphatic rings. The van der Waals surface area contributed by atoms with E-state index in [-0.39, 0.29) is 46.0 Å². The zero-order valence-electron chi connectivity index (χ0n) is 32.8. The first kappa shape index (κ1) is 46.9. The minimum Gasteiger partial charge on any atom is 0 e. The number of aliphatic imine (C=N–C) groups is 2. The molecule has 0 aliphatic carbocycles. The second kappa shape index (κ2) is 17.4. The van der Waals surface area contributed by atoms with Crippen molar-refractivity contribution in [2.75, 3.05) is 6.61 Å². The third-order valence-corrected chi connectivity index (χ3v) is 9.18. The van der Waals surface area contributed by atoms with Crippen LogP contribution in [-0.4, -0.2) is 59.8 Å². The first-order valence-corrected chi connectivity index (χ1v) is 20.3. The summed E-state index contributed by atoms with van der Waals surface area (Å²) in [6, 6.07) is 29.8. The number of phenols is 2. The van der Waals surface area contributed by atoms with Crippen LogP contribution < -0.4 is 0 Å². The minimum atomic E-state index is -10.7. The van der Waals surface area contributed by atoms with Crippen LogP contribution in [0.25, 0.3) is 0 Å². The van der Waals surface area contributed by atoms with E-state index in [4.69, 9.17) is 28.9 Å². The molecule has 2 heterocycles. The maximum absolute atomic E-state index is 11.3. The summed E-state index contributed by atoms with van der Waals surface area (Å²) in [6.45, 7) is 12.9. The van der Waals surface area contributed by atoms with Gasteiger partial charge in [-0.25, -0.2) is 0 Å². The summed E-state index contributed by atoms with van der Waals surface area (Å²) < 4.78 is 85.1. The van der Waals surface area contributed by atoms with Crippen molar-refractivity contribution in [3.8, 4) is 11.5 Å². The molecule has 8 nitrogen and oxygen atoms in total. The molecule has 2 aliphatic heterocycles. The number of aromatic hydroxyl groups is 2. The van der Waals surface area contributed by atoms with Crippen LogP contribution in [0.5, 0.6) is 11.5 Å². The van der Waals surface area contributed by atoms with Crippen LogP contribution in [0, 0.1) is 0 Å². The fourth-order valence-electron chi connectivity index (χ4n) is 6.45. The molecule has 4 aromatic carbocycles. The van der Waals surface area contributed by atoms with E-state index >= 15 is 0 Å². The molecule has 0 aromatic heterocycles. The quantitative estimate of drug-likeness (QED) is 0.0791. The van der Waals surface area contributed by atoms with Crippen LogP contribution in [0.2, 0.25) is 0 Å². The molecule has 6 rings (SSSR count). The molecular weight excluding hydrogens is 828 g/mol. The monoisotopic (exact) mass is 876 g/mol. The normalized spacial score (nSPS) is 23.9. The zero-order valence-corrected chi connectivity index (χ0v) is 34.9. The molecule has 0 bridgehead atoms. The molecule has 4 unspecified atom stereocenters. The number of nitrogens with zero attached hydrogens (tertiary/aromatic N) is 2. The molecule has 6 atom stereocenters. The summed E-state index contributed by atoms with van der Waals surface area (Å²) in [4.78, 5) is 10.2. The molecule has 16 heteroatoms. The summed E-state index contributed by atoms with van der Waals surface area (Å²) in [7, 11) is -10.7. The minimum absolute atomic E-state index is 0. The SMILES string of the molecule is CC(C)(C)c1cccc(C=N[C@@H]2C(OCc3ccccc3)OC3COC(c4ccccc4)OC3[C@H]2N=Cc2cccc(C(C)(C)C)c2O)c1O.F[P-](F)(F)(F)(F)F.[Mn]. The molecule has 2 saturated heterocycles. The van der Waals surface area contributed by atoms with Gasteiger partial charge in [-0.15, -0.1) is 0 Å². The van der Waals surface area contributed by atoms with E-state index in [0.717, 1.165) is 22.3 Å². The van der Waals surface area contributed by atoms with Crippen molar-refractivity contribution < 1.29 is 71.4 Å². The Morgan fingerprint density at radius 2 is 1.14 bits per heavy atom. The van der Waals surface area contributed by atoms with Crippen LogP contribution in [-0.2, 0) is 53.5 Å². The van der Waals surface area contributed by atoms with Gasteiger partial charge < -0.3 is 29.2 Å². The van der Waals surface area contributed by atoms with Crippen molar-refractivity contribution >= 4 is 20.2 Å². The van der Waals surface area contributed by atoms with E-state index < -0.39 is 44.7 Å². The Kier molecular flexibility index (Phi) is 14.1. The van der Waals surface area contributed by atoms with Crippen LogP contribution in [0.1, 0.15) is 81.2 Å². The van der Waals surface area contributed by atoms with Gasteiger partial charge in [-0.3, -0.25) is 9.98 Å². The molecule has 0 saturated carbocycles. The fraction of sp³-hybridized carbons (Fsp3) is 0.381. The van der Waals surface area contributed by atoms with Crippen LogP contribution >= 0.6 is 7.81 Å². The van der Waals surface area contributed by atoms with Gasteiger partial charge in [0, 0.05) is 46.2 Å². The number of fused-ring (bicyclic) bond motifs is 1. The van der Waals surface area contributed by atoms with Crippen molar-refractivity contribution in [2.45, 2.75) is 95.9 Å². The van der Waals surface area contributed by atoms with Gasteiger partial charge in [0.1, 0.15) is 35.8 Å². The van der Waals surface area contributed by atoms with Crippen LogP contribution in [0.3, 0.4) is 0 Å². The second-order valence-corrected chi connectivity index (χ2v) is 17.9. The van der Waals surface area contributed by atoms with Crippen molar-refractivity contribution in [3.05, 3.63) is 130 Å². The fourth-order valence-corrected chi connectivity index (χ4v) is 6.45. The third kappa shape index (κ3) is 13.6. The Hall–Kier alpha value is -3.81. The van der Waals surface area contributed by atoms with E-state index in [2.05, 4.69) is 41.5 Å². The van der Waals surface area contributed by atoms with Gasteiger partial charge >= 0.3 is 33.0 Å². The molecule has 1 radical (unpaired) electrons. The van der Waals surface area contributed by atoms with Gasteiger partial charge in [-0.2, -0.15) is 0 Å². The average molecular weight is 877 g/mol. The Balaban J connectivity index is 0.000000853. The molecule has 2 fully saturated rings. The summed E-state index contributed by atoms with van der Waals surface area (Å²) in [5.41, 5.74) is 4.15. The molecule has 0 amide bonds. The molecule has 58 heavy (non-hydrogen) atoms. The van der Waals surface area contributed by atoms with Gasteiger partial charge in [0.15, 0.2) is 12.6 Å². The van der Waals surface area contributed by atoms with Crippen molar-refractivity contribution in [3.63, 3.8) is 0 Å². The number of para-hydroxylation sites is 2. The van der Waals surface area contributed by atoms with Gasteiger partial charge in [-0.1, -0.05) is 126 Å². The number of hydrogen-bond donors (Lipinski definition) is 2. The van der Waals surface area contributed by atoms with Crippen LogP contribution in [0.4, 0.5) is 25.2 Å². The predicted molar refractivity (Wildman–Crippen MR) is 210 cm³/mol. The largest absolute Gasteiger partial charge is 0 e. The smallest absolute Gasteiger partial charge is 0 e. The van der Waals surface area contributed by atoms with Gasteiger partial charge in [0.05, 0.1) is 13.2 Å². The molecule has 4 aromatic rings. The summed E-state index contributed by atoms with van der Waals surface area (Å²) in [5, 5.41) is 22.6. The van der Waals surface area contributed by atoms with Gasteiger partial charge in [0.2, 0.25) is 0 Å². The number of halogens is 6. The van der Waals surface area contributed by atoms with E-state index in [0.29, 0.717) is 17.7 Å². The topological polar surface area (TPSA) is 102 Å². The van der Waals surface area contributed by atoms with E-state index in [9.17, 15) is 35.4 Å². The standard InChI is InChI=1S/C42H48N2O6.F6P.Mn/c1-41(2,3)31-21-13-19-29(36(31)45)23-43-34-35(44-24-30-20-14-22-32(37(30)46)42(4,5)6)40(47-25-27-15-9-7-10-16-27)49-33-26-48-39(50-38(33)34)28-17-11-8-12-18-28;1-7(2,3,4,5)6;/h7-24,33-35,38-40,45-46H,25-26H2,1-6H3;;/q;-1;/t33?,34-,35-,38?,39?,40?;;/m0../s1.